The first kappa shape index (κ1) is 25.3. The van der Waals surface area contributed by atoms with E-state index in [2.05, 4.69) is 52.8 Å². The van der Waals surface area contributed by atoms with E-state index < -0.39 is 0 Å². The normalized spacial score (nSPS) is 22.7. The van der Waals surface area contributed by atoms with Crippen molar-refractivity contribution in [3.05, 3.63) is 47.2 Å². The molecule has 2 aliphatic heterocycles. The Morgan fingerprint density at radius 3 is 2.47 bits per heavy atom. The molecular formula is C29H45N4O+. The Labute approximate surface area is 206 Å². The smallest absolute Gasteiger partial charge is 0.149 e. The van der Waals surface area contributed by atoms with Crippen LogP contribution in [0.2, 0.25) is 0 Å². The number of carbonyl (C=O) groups excluding carboxylic acids is 1. The quantitative estimate of drug-likeness (QED) is 0.429. The highest BCUT2D eigenvalue weighted by Crippen LogP contribution is 2.30. The van der Waals surface area contributed by atoms with Gasteiger partial charge in [-0.1, -0.05) is 43.7 Å². The number of allylic oxidation sites excluding steroid dienone is 2. The molecule has 0 bridgehead atoms. The molecule has 3 aliphatic rings. The standard InChI is InChI=1S/C29H44N4O/c1-2-25(30)29(27-13-6-7-17-31-27)24-14-18-33(19-15-24)20-16-26(22-9-4-3-5-10-22)32-21-28(34)23-11-8-12-23/h3-5,9-10,23-24,26,30-32H,2,6-8,11-21H2,1H3/p+1/b29-27-,30-25?/t26-/m0/s1. The van der Waals surface area contributed by atoms with Crippen LogP contribution in [0.4, 0.5) is 0 Å². The van der Waals surface area contributed by atoms with Gasteiger partial charge >= 0.3 is 0 Å². The maximum absolute atomic E-state index is 12.5. The van der Waals surface area contributed by atoms with Crippen molar-refractivity contribution >= 4 is 11.5 Å². The van der Waals surface area contributed by atoms with Gasteiger partial charge in [0.25, 0.3) is 0 Å². The summed E-state index contributed by atoms with van der Waals surface area (Å²) in [5, 5.41) is 14.7. The minimum Gasteiger partial charge on any atom is -0.317 e. The molecule has 0 spiro atoms. The number of hydrogen-bond donors (Lipinski definition) is 3. The molecule has 3 fully saturated rings. The first-order chi connectivity index (χ1) is 16.7. The predicted molar refractivity (Wildman–Crippen MR) is 139 cm³/mol. The van der Waals surface area contributed by atoms with Gasteiger partial charge in [0.1, 0.15) is 11.5 Å². The number of nitrogens with zero attached hydrogens (tertiary/aromatic N) is 1. The number of ketones is 1. The van der Waals surface area contributed by atoms with Gasteiger partial charge in [0, 0.05) is 29.7 Å². The fourth-order valence-corrected chi connectivity index (χ4v) is 5.90. The highest BCUT2D eigenvalue weighted by atomic mass is 16.1. The summed E-state index contributed by atoms with van der Waals surface area (Å²) in [6.45, 7) is 7.10. The molecule has 1 atom stereocenters. The Morgan fingerprint density at radius 1 is 1.09 bits per heavy atom. The Morgan fingerprint density at radius 2 is 1.85 bits per heavy atom. The van der Waals surface area contributed by atoms with Gasteiger partial charge in [-0.05, 0) is 82.5 Å². The average molecular weight is 466 g/mol. The third kappa shape index (κ3) is 6.65. The molecule has 1 aliphatic carbocycles. The van der Waals surface area contributed by atoms with Crippen LogP contribution in [-0.4, -0.2) is 49.1 Å². The van der Waals surface area contributed by atoms with Crippen molar-refractivity contribution < 1.29 is 10.1 Å². The summed E-state index contributed by atoms with van der Waals surface area (Å²) >= 11 is 0. The number of carbonyl (C=O) groups is 1. The van der Waals surface area contributed by atoms with E-state index in [1.807, 2.05) is 0 Å². The van der Waals surface area contributed by atoms with Crippen molar-refractivity contribution in [2.75, 3.05) is 32.7 Å². The average Bonchev–Trinajstić information content (AvgIpc) is 2.85. The van der Waals surface area contributed by atoms with E-state index in [0.29, 0.717) is 24.2 Å². The van der Waals surface area contributed by atoms with Crippen LogP contribution in [0.5, 0.6) is 0 Å². The Hall–Kier alpha value is -1.82. The molecule has 1 saturated carbocycles. The van der Waals surface area contributed by atoms with Gasteiger partial charge in [-0.2, -0.15) is 0 Å². The molecule has 1 aromatic carbocycles. The molecule has 0 radical (unpaired) electrons. The van der Waals surface area contributed by atoms with Gasteiger partial charge in [-0.15, -0.1) is 0 Å². The second-order valence-electron chi connectivity index (χ2n) is 10.6. The second kappa shape index (κ2) is 12.8. The number of likely N-dealkylation sites (tertiary alicyclic amines) is 1. The number of piperidine rings is 2. The molecule has 34 heavy (non-hydrogen) atoms. The number of nitrogens with one attached hydrogen (secondary N) is 2. The second-order valence-corrected chi connectivity index (χ2v) is 10.6. The lowest BCUT2D eigenvalue weighted by molar-refractivity contribution is -0.616. The monoisotopic (exact) mass is 465 g/mol. The van der Waals surface area contributed by atoms with Gasteiger partial charge < -0.3 is 20.9 Å². The summed E-state index contributed by atoms with van der Waals surface area (Å²) in [4.78, 5) is 15.1. The number of Topliss-reactive ketones (excluding diaryl/α,β-unsaturated/α-hetero) is 1. The zero-order valence-electron chi connectivity index (χ0n) is 21.2. The van der Waals surface area contributed by atoms with Crippen LogP contribution >= 0.6 is 0 Å². The lowest BCUT2D eigenvalue weighted by Gasteiger charge is -2.35. The topological polar surface area (TPSA) is 72.8 Å². The van der Waals surface area contributed by atoms with E-state index >= 15 is 0 Å². The number of hydrogen-bond acceptors (Lipinski definition) is 4. The third-order valence-electron chi connectivity index (χ3n) is 8.33. The van der Waals surface area contributed by atoms with Gasteiger partial charge in [-0.25, -0.2) is 0 Å². The van der Waals surface area contributed by atoms with Crippen molar-refractivity contribution in [3.8, 4) is 0 Å². The molecule has 0 aromatic heterocycles. The Balaban J connectivity index is 1.31. The summed E-state index contributed by atoms with van der Waals surface area (Å²) in [5.41, 5.74) is 5.03. The zero-order chi connectivity index (χ0) is 23.8. The zero-order valence-corrected chi connectivity index (χ0v) is 21.2. The Kier molecular flexibility index (Phi) is 9.49. The molecule has 5 heteroatoms. The van der Waals surface area contributed by atoms with Crippen LogP contribution in [-0.2, 0) is 4.79 Å². The van der Waals surface area contributed by atoms with E-state index in [1.165, 1.54) is 61.9 Å². The SMILES string of the molecule is CCC(=N)/C(=C1/CCCC[NH2+]1)C1CCN(CC[C@H](NCC(=O)C2CCC2)c2ccccc2)CC1. The van der Waals surface area contributed by atoms with Crippen LogP contribution in [0.15, 0.2) is 41.6 Å². The minimum absolute atomic E-state index is 0.228. The first-order valence-electron chi connectivity index (χ1n) is 13.8. The van der Waals surface area contributed by atoms with Crippen molar-refractivity contribution in [1.82, 2.24) is 10.2 Å². The van der Waals surface area contributed by atoms with Crippen LogP contribution in [0.3, 0.4) is 0 Å². The van der Waals surface area contributed by atoms with Crippen molar-refractivity contribution in [2.45, 2.75) is 77.2 Å². The number of nitrogens with two attached hydrogens (primary N) is 1. The molecule has 5 nitrogen and oxygen atoms in total. The molecule has 2 saturated heterocycles. The van der Waals surface area contributed by atoms with Gasteiger partial charge in [-0.3, -0.25) is 4.79 Å². The molecule has 2 heterocycles. The minimum atomic E-state index is 0.228. The van der Waals surface area contributed by atoms with Crippen LogP contribution < -0.4 is 10.6 Å². The fourth-order valence-electron chi connectivity index (χ4n) is 5.90. The summed E-state index contributed by atoms with van der Waals surface area (Å²) in [7, 11) is 0. The Bertz CT molecular complexity index is 829. The van der Waals surface area contributed by atoms with Crippen molar-refractivity contribution in [2.24, 2.45) is 11.8 Å². The fraction of sp³-hybridized carbons (Fsp3) is 0.655. The van der Waals surface area contributed by atoms with Crippen molar-refractivity contribution in [1.29, 1.82) is 5.41 Å². The van der Waals surface area contributed by atoms with Gasteiger partial charge in [0.05, 0.1) is 13.1 Å². The summed E-state index contributed by atoms with van der Waals surface area (Å²) in [5.74, 6) is 1.25. The van der Waals surface area contributed by atoms with Crippen LogP contribution in [0.25, 0.3) is 0 Å². The van der Waals surface area contributed by atoms with E-state index in [1.54, 1.807) is 0 Å². The third-order valence-corrected chi connectivity index (χ3v) is 8.33. The summed E-state index contributed by atoms with van der Waals surface area (Å²) in [6, 6.07) is 10.9. The predicted octanol–water partition coefficient (Wildman–Crippen LogP) is 4.22. The van der Waals surface area contributed by atoms with Crippen LogP contribution in [0.1, 0.15) is 82.7 Å². The molecule has 1 aromatic rings. The number of benzene rings is 1. The van der Waals surface area contributed by atoms with E-state index in [9.17, 15) is 4.79 Å². The maximum atomic E-state index is 12.5. The van der Waals surface area contributed by atoms with E-state index in [0.717, 1.165) is 51.0 Å². The van der Waals surface area contributed by atoms with Gasteiger partial charge in [0.15, 0.2) is 0 Å². The molecule has 4 N–H and O–H groups in total. The highest BCUT2D eigenvalue weighted by Gasteiger charge is 2.30. The first-order valence-corrected chi connectivity index (χ1v) is 13.8. The lowest BCUT2D eigenvalue weighted by atomic mass is 9.82. The molecule has 186 valence electrons. The largest absolute Gasteiger partial charge is 0.317 e. The maximum Gasteiger partial charge on any atom is 0.149 e. The molecular weight excluding hydrogens is 420 g/mol. The number of rotatable bonds is 11. The van der Waals surface area contributed by atoms with Gasteiger partial charge in [0.2, 0.25) is 0 Å². The summed E-state index contributed by atoms with van der Waals surface area (Å²) in [6.07, 6.45) is 11.3. The summed E-state index contributed by atoms with van der Waals surface area (Å²) < 4.78 is 0. The molecule has 0 amide bonds. The van der Waals surface area contributed by atoms with E-state index in [4.69, 9.17) is 5.41 Å². The number of quaternary nitrogens is 1. The lowest BCUT2D eigenvalue weighted by Crippen LogP contribution is -2.84. The highest BCUT2D eigenvalue weighted by molar-refractivity contribution is 5.98. The molecule has 0 unspecified atom stereocenters. The molecule has 4 rings (SSSR count). The van der Waals surface area contributed by atoms with Crippen LogP contribution in [0, 0.1) is 17.2 Å². The van der Waals surface area contributed by atoms with Crippen molar-refractivity contribution in [3.63, 3.8) is 0 Å². The van der Waals surface area contributed by atoms with E-state index in [-0.39, 0.29) is 6.04 Å².